The number of rotatable bonds is 5. The van der Waals surface area contributed by atoms with Crippen molar-refractivity contribution >= 4 is 17.7 Å². The number of phenols is 1. The number of imidazole rings is 1. The predicted octanol–water partition coefficient (Wildman–Crippen LogP) is -0.225. The molecule has 1 aliphatic rings. The van der Waals surface area contributed by atoms with Gasteiger partial charge in [-0.25, -0.2) is 9.79 Å². The normalized spacial score (nSPS) is 15.2. The fourth-order valence-electron chi connectivity index (χ4n) is 2.99. The number of anilines is 1. The molecule has 1 aromatic carbocycles. The number of phenolic OH excluding ortho intramolecular Hbond substituents is 1. The summed E-state index contributed by atoms with van der Waals surface area (Å²) in [7, 11) is 0. The second kappa shape index (κ2) is 7.03. The van der Waals surface area contributed by atoms with Gasteiger partial charge in [-0.15, -0.1) is 0 Å². The Morgan fingerprint density at radius 2 is 2.07 bits per heavy atom. The molecule has 0 bridgehead atoms. The number of aromatic nitrogens is 6. The monoisotopic (exact) mass is 406 g/mol. The number of aromatic amines is 2. The van der Waals surface area contributed by atoms with Crippen LogP contribution < -0.4 is 21.8 Å². The topological polar surface area (TPSA) is 157 Å². The van der Waals surface area contributed by atoms with Crippen LogP contribution in [0.25, 0.3) is 11.7 Å². The number of aromatic hydroxyl groups is 2. The minimum absolute atomic E-state index is 0.180. The first-order valence-electron chi connectivity index (χ1n) is 9.40. The van der Waals surface area contributed by atoms with Gasteiger partial charge in [0.25, 0.3) is 5.62 Å². The number of hydrogen-bond acceptors (Lipinski definition) is 8. The number of benzene rings is 1. The molecule has 30 heavy (non-hydrogen) atoms. The van der Waals surface area contributed by atoms with E-state index in [1.807, 2.05) is 6.07 Å². The van der Waals surface area contributed by atoms with Gasteiger partial charge in [0.15, 0.2) is 5.65 Å². The zero-order valence-corrected chi connectivity index (χ0v) is 15.7. The Labute approximate surface area is 168 Å². The van der Waals surface area contributed by atoms with Crippen LogP contribution in [-0.4, -0.2) is 45.8 Å². The summed E-state index contributed by atoms with van der Waals surface area (Å²) in [5.41, 5.74) is 1.29. The molecule has 0 saturated heterocycles. The first kappa shape index (κ1) is 17.9. The van der Waals surface area contributed by atoms with Crippen LogP contribution in [0.1, 0.15) is 24.1 Å². The van der Waals surface area contributed by atoms with Gasteiger partial charge in [0.1, 0.15) is 11.4 Å². The van der Waals surface area contributed by atoms with E-state index in [0.717, 1.165) is 12.8 Å². The standard InChI is InChI=1S/C19H18N8O3/c28-14-4-2-1-3-10(14)8-20-17-24-15-11(7-13-16(29)25-19(30)23-13)9-21-27(15)18(26-17)22-12-5-6-12/h1-4,7,9,12,28-29H,5-6,8H2,(H,20,22,26)(H2,23,25,30). The Kier molecular flexibility index (Phi) is 4.20. The van der Waals surface area contributed by atoms with Crippen LogP contribution in [0.2, 0.25) is 0 Å². The molecule has 0 atom stereocenters. The van der Waals surface area contributed by atoms with Crippen LogP contribution in [0.5, 0.6) is 11.6 Å². The summed E-state index contributed by atoms with van der Waals surface area (Å²) < 4.78 is 1.52. The summed E-state index contributed by atoms with van der Waals surface area (Å²) in [6.45, 7) is 0.324. The van der Waals surface area contributed by atoms with Crippen molar-refractivity contribution in [2.75, 3.05) is 5.32 Å². The molecule has 0 spiro atoms. The average molecular weight is 406 g/mol. The smallest absolute Gasteiger partial charge is 0.326 e. The second-order valence-electron chi connectivity index (χ2n) is 7.01. The van der Waals surface area contributed by atoms with E-state index in [1.54, 1.807) is 30.5 Å². The SMILES string of the molecule is O=c1[nH]c(O)c(C=c2cnn3c(=NC4CC4)nc(NCc4ccccc4O)nc23)[nH]1. The van der Waals surface area contributed by atoms with Crippen molar-refractivity contribution in [1.82, 2.24) is 29.5 Å². The van der Waals surface area contributed by atoms with Crippen molar-refractivity contribution in [3.8, 4) is 11.6 Å². The Hall–Kier alpha value is -4.15. The highest BCUT2D eigenvalue weighted by Gasteiger charge is 2.21. The molecule has 5 N–H and O–H groups in total. The molecular formula is C19H18N8O3. The summed E-state index contributed by atoms with van der Waals surface area (Å²) in [6.07, 6.45) is 5.14. The van der Waals surface area contributed by atoms with Gasteiger partial charge in [-0.3, -0.25) is 4.98 Å². The molecule has 152 valence electrons. The quantitative estimate of drug-likeness (QED) is 0.306. The van der Waals surface area contributed by atoms with Crippen LogP contribution >= 0.6 is 0 Å². The molecule has 1 aliphatic carbocycles. The van der Waals surface area contributed by atoms with Crippen molar-refractivity contribution in [3.63, 3.8) is 0 Å². The molecule has 4 aromatic rings. The van der Waals surface area contributed by atoms with Crippen LogP contribution in [-0.2, 0) is 6.54 Å². The Bertz CT molecular complexity index is 1410. The third-order valence-electron chi connectivity index (χ3n) is 4.69. The first-order chi connectivity index (χ1) is 14.6. The summed E-state index contributed by atoms with van der Waals surface area (Å²) in [5.74, 6) is 0.237. The Morgan fingerprint density at radius 3 is 2.80 bits per heavy atom. The van der Waals surface area contributed by atoms with Gasteiger partial charge >= 0.3 is 5.69 Å². The molecule has 3 aromatic heterocycles. The van der Waals surface area contributed by atoms with E-state index >= 15 is 0 Å². The highest BCUT2D eigenvalue weighted by atomic mass is 16.3. The Balaban J connectivity index is 1.60. The molecule has 0 unspecified atom stereocenters. The van der Waals surface area contributed by atoms with Crippen molar-refractivity contribution in [2.45, 2.75) is 25.4 Å². The van der Waals surface area contributed by atoms with E-state index in [2.05, 4.69) is 35.3 Å². The van der Waals surface area contributed by atoms with Crippen molar-refractivity contribution in [3.05, 3.63) is 63.0 Å². The van der Waals surface area contributed by atoms with E-state index < -0.39 is 5.69 Å². The van der Waals surface area contributed by atoms with E-state index in [1.165, 1.54) is 4.52 Å². The van der Waals surface area contributed by atoms with Gasteiger partial charge < -0.3 is 20.5 Å². The van der Waals surface area contributed by atoms with E-state index in [0.29, 0.717) is 34.5 Å². The maximum atomic E-state index is 11.4. The summed E-state index contributed by atoms with van der Waals surface area (Å²) in [4.78, 5) is 29.8. The molecule has 11 heteroatoms. The van der Waals surface area contributed by atoms with E-state index in [4.69, 9.17) is 0 Å². The van der Waals surface area contributed by atoms with Crippen LogP contribution in [0.3, 0.4) is 0 Å². The number of nitrogens with zero attached hydrogens (tertiary/aromatic N) is 5. The molecule has 1 saturated carbocycles. The second-order valence-corrected chi connectivity index (χ2v) is 7.01. The molecule has 11 nitrogen and oxygen atoms in total. The first-order valence-corrected chi connectivity index (χ1v) is 9.40. The van der Waals surface area contributed by atoms with E-state index in [-0.39, 0.29) is 23.4 Å². The highest BCUT2D eigenvalue weighted by Crippen LogP contribution is 2.22. The van der Waals surface area contributed by atoms with Gasteiger partial charge in [0.2, 0.25) is 11.8 Å². The summed E-state index contributed by atoms with van der Waals surface area (Å²) in [6, 6.07) is 7.23. The van der Waals surface area contributed by atoms with Gasteiger partial charge in [-0.05, 0) is 25.0 Å². The minimum atomic E-state index is -0.515. The van der Waals surface area contributed by atoms with Gasteiger partial charge in [0.05, 0.1) is 12.2 Å². The molecule has 0 aliphatic heterocycles. The molecule has 5 rings (SSSR count). The van der Waals surface area contributed by atoms with E-state index in [9.17, 15) is 15.0 Å². The Morgan fingerprint density at radius 1 is 1.23 bits per heavy atom. The molecular weight excluding hydrogens is 388 g/mol. The average Bonchev–Trinajstić information content (AvgIpc) is 3.36. The lowest BCUT2D eigenvalue weighted by Crippen LogP contribution is -2.24. The maximum Gasteiger partial charge on any atom is 0.326 e. The van der Waals surface area contributed by atoms with Crippen molar-refractivity contribution in [1.29, 1.82) is 0 Å². The number of H-pyrrole nitrogens is 2. The molecule has 1 fully saturated rings. The summed E-state index contributed by atoms with van der Waals surface area (Å²) >= 11 is 0. The zero-order chi connectivity index (χ0) is 20.7. The lowest BCUT2D eigenvalue weighted by atomic mass is 10.2. The predicted molar refractivity (Wildman–Crippen MR) is 107 cm³/mol. The van der Waals surface area contributed by atoms with Crippen LogP contribution in [0, 0.1) is 0 Å². The van der Waals surface area contributed by atoms with Gasteiger partial charge in [0, 0.05) is 17.3 Å². The summed E-state index contributed by atoms with van der Waals surface area (Å²) in [5, 5.41) is 27.8. The molecule has 0 amide bonds. The third kappa shape index (κ3) is 3.48. The number of nitrogens with one attached hydrogen (secondary N) is 3. The lowest BCUT2D eigenvalue weighted by molar-refractivity contribution is 0.454. The highest BCUT2D eigenvalue weighted by molar-refractivity contribution is 5.57. The van der Waals surface area contributed by atoms with Crippen LogP contribution in [0.15, 0.2) is 40.2 Å². The molecule has 3 heterocycles. The van der Waals surface area contributed by atoms with Gasteiger partial charge in [-0.1, -0.05) is 18.2 Å². The number of hydrogen-bond donors (Lipinski definition) is 5. The maximum absolute atomic E-state index is 11.4. The lowest BCUT2D eigenvalue weighted by Gasteiger charge is -2.07. The largest absolute Gasteiger partial charge is 0.508 e. The number of para-hydroxylation sites is 1. The number of fused-ring (bicyclic) bond motifs is 1. The zero-order valence-electron chi connectivity index (χ0n) is 15.7. The minimum Gasteiger partial charge on any atom is -0.508 e. The molecule has 0 radical (unpaired) electrons. The van der Waals surface area contributed by atoms with Crippen molar-refractivity contribution in [2.24, 2.45) is 4.99 Å². The van der Waals surface area contributed by atoms with Gasteiger partial charge in [-0.2, -0.15) is 19.6 Å². The fraction of sp³-hybridized carbons (Fsp3) is 0.211. The third-order valence-corrected chi connectivity index (χ3v) is 4.69. The van der Waals surface area contributed by atoms with Crippen LogP contribution in [0.4, 0.5) is 5.95 Å². The fourth-order valence-corrected chi connectivity index (χ4v) is 2.99. The van der Waals surface area contributed by atoms with Crippen molar-refractivity contribution < 1.29 is 10.2 Å².